The smallest absolute Gasteiger partial charge is 0.169 e. The summed E-state index contributed by atoms with van der Waals surface area (Å²) in [5.74, 6) is 1.61. The summed E-state index contributed by atoms with van der Waals surface area (Å²) in [6.45, 7) is 4.83. The number of rotatable bonds is 5. The van der Waals surface area contributed by atoms with Crippen LogP contribution in [0.2, 0.25) is 0 Å². The molecule has 4 nitrogen and oxygen atoms in total. The first kappa shape index (κ1) is 37.5. The first-order valence-corrected chi connectivity index (χ1v) is 22.6. The van der Waals surface area contributed by atoms with Crippen LogP contribution < -0.4 is 5.32 Å². The third kappa shape index (κ3) is 5.44. The molecular formula is C61H44N4. The Balaban J connectivity index is 0.967. The largest absolute Gasteiger partial charge is 0.324 e. The molecule has 3 aliphatic rings. The average Bonchev–Trinajstić information content (AvgIpc) is 3.72. The lowest BCUT2D eigenvalue weighted by Gasteiger charge is -2.50. The highest BCUT2D eigenvalue weighted by molar-refractivity contribution is 6.16. The highest BCUT2D eigenvalue weighted by Gasteiger charge is 2.53. The monoisotopic (exact) mass is 832 g/mol. The zero-order valence-electron chi connectivity index (χ0n) is 36.2. The topological polar surface area (TPSA) is 41.7 Å². The molecule has 65 heavy (non-hydrogen) atoms. The van der Waals surface area contributed by atoms with Crippen molar-refractivity contribution in [2.24, 2.45) is 9.98 Å². The van der Waals surface area contributed by atoms with Gasteiger partial charge >= 0.3 is 0 Å². The average molecular weight is 833 g/mol. The quantitative estimate of drug-likeness (QED) is 0.184. The van der Waals surface area contributed by atoms with E-state index in [2.05, 4.69) is 236 Å². The summed E-state index contributed by atoms with van der Waals surface area (Å²) >= 11 is 0. The Morgan fingerprint density at radius 3 is 1.69 bits per heavy atom. The number of hydrogen-bond acceptors (Lipinski definition) is 3. The summed E-state index contributed by atoms with van der Waals surface area (Å²) in [5, 5.41) is 6.19. The summed E-state index contributed by atoms with van der Waals surface area (Å²) in [7, 11) is 0. The zero-order valence-corrected chi connectivity index (χ0v) is 36.2. The van der Waals surface area contributed by atoms with Gasteiger partial charge in [-0.3, -0.25) is 0 Å². The Morgan fingerprint density at radius 2 is 0.938 bits per heavy atom. The fourth-order valence-corrected chi connectivity index (χ4v) is 11.5. The molecule has 2 aliphatic heterocycles. The minimum atomic E-state index is -0.555. The number of nitrogens with zero attached hydrogens (tertiary/aromatic N) is 3. The highest BCUT2D eigenvalue weighted by Crippen LogP contribution is 2.61. The molecule has 0 saturated heterocycles. The molecule has 10 aromatic rings. The van der Waals surface area contributed by atoms with Crippen molar-refractivity contribution in [3.63, 3.8) is 0 Å². The third-order valence-electron chi connectivity index (χ3n) is 14.3. The van der Waals surface area contributed by atoms with Crippen LogP contribution in [-0.2, 0) is 10.8 Å². The van der Waals surface area contributed by atoms with Crippen LogP contribution in [-0.4, -0.2) is 16.2 Å². The lowest BCUT2D eigenvalue weighted by Crippen LogP contribution is -2.44. The van der Waals surface area contributed by atoms with Gasteiger partial charge < -0.3 is 9.88 Å². The number of benzene rings is 9. The SMILES string of the molecule is CC1(C)c2ccccc2C2(c3ccccc3-n3c4ccccc4c4cccc2c43)c2cccc(-c3ccc(C4=NC(c5ccc(-c6ccccc6)cc5)N=C(c5ccccc5)N4)cc3)c21. The van der Waals surface area contributed by atoms with Gasteiger partial charge in [0.2, 0.25) is 0 Å². The van der Waals surface area contributed by atoms with Crippen LogP contribution in [0.5, 0.6) is 0 Å². The van der Waals surface area contributed by atoms with E-state index in [1.165, 1.54) is 83.1 Å². The molecule has 0 fully saturated rings. The first-order valence-electron chi connectivity index (χ1n) is 22.6. The van der Waals surface area contributed by atoms with Crippen molar-refractivity contribution in [3.8, 4) is 27.9 Å². The van der Waals surface area contributed by atoms with E-state index < -0.39 is 11.6 Å². The molecule has 3 heterocycles. The summed E-state index contributed by atoms with van der Waals surface area (Å²) in [6, 6.07) is 79.7. The van der Waals surface area contributed by atoms with Crippen molar-refractivity contribution in [2.45, 2.75) is 30.8 Å². The van der Waals surface area contributed by atoms with Gasteiger partial charge in [-0.2, -0.15) is 0 Å². The summed E-state index contributed by atoms with van der Waals surface area (Å²) < 4.78 is 2.52. The number of para-hydroxylation sites is 3. The molecule has 2 unspecified atom stereocenters. The molecule has 308 valence electrons. The predicted octanol–water partition coefficient (Wildman–Crippen LogP) is 13.9. The van der Waals surface area contributed by atoms with Crippen molar-refractivity contribution < 1.29 is 0 Å². The Labute approximate surface area is 378 Å². The maximum atomic E-state index is 5.27. The van der Waals surface area contributed by atoms with Crippen molar-refractivity contribution in [3.05, 3.63) is 268 Å². The van der Waals surface area contributed by atoms with Gasteiger partial charge in [-0.25, -0.2) is 9.98 Å². The number of nitrogens with one attached hydrogen (secondary N) is 1. The van der Waals surface area contributed by atoms with Gasteiger partial charge in [0.05, 0.1) is 22.1 Å². The maximum Gasteiger partial charge on any atom is 0.169 e. The normalized spacial score (nSPS) is 17.7. The Hall–Kier alpha value is -8.08. The molecule has 4 heteroatoms. The Morgan fingerprint density at radius 1 is 0.415 bits per heavy atom. The standard InChI is InChI=1S/C61H44N4/c1-60(2)48-24-10-11-25-49(48)61(50-26-12-14-30-54(50)65-53-29-13-9-21-46(53)47-23-16-28-52(61)56(47)65)51-27-15-22-45(55(51)60)41-33-37-44(38-34-41)59-63-57(42-19-7-4-8-20-42)62-58(64-59)43-35-31-40(32-36-43)39-17-5-3-6-18-39/h3-38,58H,1-2H3,(H,62,63,64). The van der Waals surface area contributed by atoms with Gasteiger partial charge in [0.15, 0.2) is 6.17 Å². The molecule has 9 aromatic carbocycles. The maximum absolute atomic E-state index is 5.27. The van der Waals surface area contributed by atoms with E-state index in [1.807, 2.05) is 6.07 Å². The molecule has 0 saturated carbocycles. The van der Waals surface area contributed by atoms with Crippen molar-refractivity contribution in [2.75, 3.05) is 0 Å². The van der Waals surface area contributed by atoms with E-state index in [0.29, 0.717) is 0 Å². The van der Waals surface area contributed by atoms with E-state index in [4.69, 9.17) is 9.98 Å². The van der Waals surface area contributed by atoms with Gasteiger partial charge in [0, 0.05) is 27.3 Å². The molecule has 13 rings (SSSR count). The van der Waals surface area contributed by atoms with Crippen molar-refractivity contribution >= 4 is 33.5 Å². The third-order valence-corrected chi connectivity index (χ3v) is 14.3. The zero-order chi connectivity index (χ0) is 43.3. The van der Waals surface area contributed by atoms with Crippen molar-refractivity contribution in [1.82, 2.24) is 9.88 Å². The fraction of sp³-hybridized carbons (Fsp3) is 0.0820. The van der Waals surface area contributed by atoms with Crippen molar-refractivity contribution in [1.29, 1.82) is 0 Å². The number of fused-ring (bicyclic) bond motifs is 11. The van der Waals surface area contributed by atoms with Crippen LogP contribution in [0.3, 0.4) is 0 Å². The molecule has 1 spiro atoms. The molecule has 0 amide bonds. The van der Waals surface area contributed by atoms with Gasteiger partial charge in [-0.05, 0) is 73.3 Å². The second-order valence-corrected chi connectivity index (χ2v) is 18.1. The second-order valence-electron chi connectivity index (χ2n) is 18.1. The van der Waals surface area contributed by atoms with Gasteiger partial charge in [-0.15, -0.1) is 0 Å². The molecule has 1 aliphatic carbocycles. The van der Waals surface area contributed by atoms with Crippen LogP contribution in [0.4, 0.5) is 0 Å². The molecular weight excluding hydrogens is 789 g/mol. The van der Waals surface area contributed by atoms with E-state index in [1.54, 1.807) is 0 Å². The summed E-state index contributed by atoms with van der Waals surface area (Å²) in [5.41, 5.74) is 18.8. The predicted molar refractivity (Wildman–Crippen MR) is 267 cm³/mol. The Kier molecular flexibility index (Phi) is 8.20. The molecule has 1 aromatic heterocycles. The van der Waals surface area contributed by atoms with E-state index in [0.717, 1.165) is 28.4 Å². The van der Waals surface area contributed by atoms with E-state index in [9.17, 15) is 0 Å². The Bertz CT molecular complexity index is 3580. The van der Waals surface area contributed by atoms with Crippen LogP contribution in [0, 0.1) is 0 Å². The molecule has 1 N–H and O–H groups in total. The number of amidine groups is 2. The van der Waals surface area contributed by atoms with Crippen LogP contribution in [0.1, 0.15) is 70.1 Å². The lowest BCUT2D eigenvalue weighted by atomic mass is 9.52. The van der Waals surface area contributed by atoms with Gasteiger partial charge in [-0.1, -0.05) is 220 Å². The van der Waals surface area contributed by atoms with Gasteiger partial charge in [0.25, 0.3) is 0 Å². The lowest BCUT2D eigenvalue weighted by molar-refractivity contribution is 0.558. The van der Waals surface area contributed by atoms with E-state index >= 15 is 0 Å². The number of aliphatic imine (C=N–C) groups is 2. The molecule has 2 atom stereocenters. The van der Waals surface area contributed by atoms with Gasteiger partial charge in [0.1, 0.15) is 11.7 Å². The molecule has 0 radical (unpaired) electrons. The van der Waals surface area contributed by atoms with Crippen LogP contribution in [0.25, 0.3) is 49.7 Å². The summed E-state index contributed by atoms with van der Waals surface area (Å²) in [4.78, 5) is 10.4. The van der Waals surface area contributed by atoms with E-state index in [-0.39, 0.29) is 5.41 Å². The first-order chi connectivity index (χ1) is 32.0. The number of hydrogen-bond donors (Lipinski definition) is 1. The highest BCUT2D eigenvalue weighted by atomic mass is 15.2. The number of aromatic nitrogens is 1. The summed E-state index contributed by atoms with van der Waals surface area (Å²) in [6.07, 6.45) is -0.398. The minimum Gasteiger partial charge on any atom is -0.324 e. The minimum absolute atomic E-state index is 0.307. The second kappa shape index (κ2) is 14.2. The molecule has 0 bridgehead atoms. The van der Waals surface area contributed by atoms with Crippen LogP contribution in [0.15, 0.2) is 228 Å². The fourth-order valence-electron chi connectivity index (χ4n) is 11.5. The van der Waals surface area contributed by atoms with Crippen LogP contribution >= 0.6 is 0 Å².